The van der Waals surface area contributed by atoms with E-state index in [4.69, 9.17) is 0 Å². The SMILES string of the molecule is C/C=C/[C@H](C)C[N+](=O)[O-]. The van der Waals surface area contributed by atoms with E-state index in [1.165, 1.54) is 0 Å². The topological polar surface area (TPSA) is 43.1 Å². The molecule has 0 aliphatic rings. The van der Waals surface area contributed by atoms with E-state index < -0.39 is 0 Å². The highest BCUT2D eigenvalue weighted by atomic mass is 16.6. The molecule has 0 spiro atoms. The van der Waals surface area contributed by atoms with Gasteiger partial charge >= 0.3 is 0 Å². The van der Waals surface area contributed by atoms with Gasteiger partial charge in [0.25, 0.3) is 0 Å². The van der Waals surface area contributed by atoms with Gasteiger partial charge < -0.3 is 0 Å². The van der Waals surface area contributed by atoms with Crippen LogP contribution in [0.3, 0.4) is 0 Å². The molecule has 0 N–H and O–H groups in total. The van der Waals surface area contributed by atoms with Gasteiger partial charge in [-0.25, -0.2) is 0 Å². The maximum absolute atomic E-state index is 9.86. The minimum absolute atomic E-state index is 0.0321. The summed E-state index contributed by atoms with van der Waals surface area (Å²) in [7, 11) is 0. The van der Waals surface area contributed by atoms with E-state index >= 15 is 0 Å². The number of hydrogen-bond donors (Lipinski definition) is 0. The van der Waals surface area contributed by atoms with Crippen LogP contribution in [0.5, 0.6) is 0 Å². The fourth-order valence-electron chi connectivity index (χ4n) is 0.625. The number of allylic oxidation sites excluding steroid dienone is 1. The van der Waals surface area contributed by atoms with Crippen molar-refractivity contribution in [1.29, 1.82) is 0 Å². The molecule has 0 fully saturated rings. The Morgan fingerprint density at radius 3 is 2.67 bits per heavy atom. The predicted molar refractivity (Wildman–Crippen MR) is 35.8 cm³/mol. The van der Waals surface area contributed by atoms with E-state index in [0.717, 1.165) is 0 Å². The molecule has 0 aliphatic carbocycles. The van der Waals surface area contributed by atoms with Crippen molar-refractivity contribution in [1.82, 2.24) is 0 Å². The van der Waals surface area contributed by atoms with Crippen molar-refractivity contribution in [2.45, 2.75) is 13.8 Å². The normalized spacial score (nSPS) is 14.0. The van der Waals surface area contributed by atoms with Crippen molar-refractivity contribution in [2.24, 2.45) is 5.92 Å². The average molecular weight is 129 g/mol. The van der Waals surface area contributed by atoms with Gasteiger partial charge in [-0.1, -0.05) is 19.1 Å². The highest BCUT2D eigenvalue weighted by molar-refractivity contribution is 4.82. The van der Waals surface area contributed by atoms with Crippen molar-refractivity contribution in [3.05, 3.63) is 22.3 Å². The zero-order chi connectivity index (χ0) is 7.28. The maximum Gasteiger partial charge on any atom is 0.209 e. The molecule has 0 aromatic carbocycles. The summed E-state index contributed by atoms with van der Waals surface area (Å²) in [6, 6.07) is 0. The molecule has 1 atom stereocenters. The molecule has 0 aromatic rings. The molecule has 3 nitrogen and oxygen atoms in total. The predicted octanol–water partition coefficient (Wildman–Crippen LogP) is 1.48. The van der Waals surface area contributed by atoms with Crippen molar-refractivity contribution in [2.75, 3.05) is 6.54 Å². The number of rotatable bonds is 3. The summed E-state index contributed by atoms with van der Waals surface area (Å²) in [6.45, 7) is 3.71. The Morgan fingerprint density at radius 2 is 2.33 bits per heavy atom. The molecule has 0 bridgehead atoms. The third-order valence-corrected chi connectivity index (χ3v) is 0.958. The summed E-state index contributed by atoms with van der Waals surface area (Å²) in [6.07, 6.45) is 3.65. The Labute approximate surface area is 54.5 Å². The summed E-state index contributed by atoms with van der Waals surface area (Å²) in [5, 5.41) is 9.86. The number of nitro groups is 1. The first-order chi connectivity index (χ1) is 4.16. The lowest BCUT2D eigenvalue weighted by atomic mass is 10.2. The van der Waals surface area contributed by atoms with Gasteiger partial charge in [0.2, 0.25) is 6.54 Å². The molecule has 0 unspecified atom stereocenters. The first kappa shape index (κ1) is 8.14. The molecule has 52 valence electrons. The van der Waals surface area contributed by atoms with E-state index in [2.05, 4.69) is 0 Å². The summed E-state index contributed by atoms with van der Waals surface area (Å²) >= 11 is 0. The average Bonchev–Trinajstić information content (AvgIpc) is 1.63. The lowest BCUT2D eigenvalue weighted by Gasteiger charge is -1.95. The van der Waals surface area contributed by atoms with Gasteiger partial charge in [0.1, 0.15) is 0 Å². The van der Waals surface area contributed by atoms with Crippen LogP contribution >= 0.6 is 0 Å². The molecule has 0 aromatic heterocycles. The monoisotopic (exact) mass is 129 g/mol. The van der Waals surface area contributed by atoms with Crippen LogP contribution in [-0.4, -0.2) is 11.5 Å². The first-order valence-corrected chi connectivity index (χ1v) is 2.91. The summed E-state index contributed by atoms with van der Waals surface area (Å²) in [5.41, 5.74) is 0. The van der Waals surface area contributed by atoms with Gasteiger partial charge in [-0.2, -0.15) is 0 Å². The molecular formula is C6H11NO2. The van der Waals surface area contributed by atoms with E-state index in [1.807, 2.05) is 26.0 Å². The second-order valence-corrected chi connectivity index (χ2v) is 2.02. The van der Waals surface area contributed by atoms with Crippen molar-refractivity contribution in [3.8, 4) is 0 Å². The minimum atomic E-state index is -0.301. The zero-order valence-corrected chi connectivity index (χ0v) is 5.70. The van der Waals surface area contributed by atoms with Gasteiger partial charge in [-0.15, -0.1) is 0 Å². The maximum atomic E-state index is 9.86. The Hall–Kier alpha value is -0.860. The highest BCUT2D eigenvalue weighted by Gasteiger charge is 2.02. The van der Waals surface area contributed by atoms with Gasteiger partial charge in [-0.05, 0) is 6.92 Å². The fraction of sp³-hybridized carbons (Fsp3) is 0.667. The molecule has 0 saturated carbocycles. The summed E-state index contributed by atoms with van der Waals surface area (Å²) in [4.78, 5) is 9.56. The van der Waals surface area contributed by atoms with Crippen LogP contribution in [0.4, 0.5) is 0 Å². The number of nitrogens with zero attached hydrogens (tertiary/aromatic N) is 1. The van der Waals surface area contributed by atoms with Crippen LogP contribution in [0, 0.1) is 16.0 Å². The van der Waals surface area contributed by atoms with Gasteiger partial charge in [0.05, 0.1) is 0 Å². The first-order valence-electron chi connectivity index (χ1n) is 2.91. The second-order valence-electron chi connectivity index (χ2n) is 2.02. The molecule has 0 saturated heterocycles. The van der Waals surface area contributed by atoms with Crippen molar-refractivity contribution < 1.29 is 4.92 Å². The Kier molecular flexibility index (Phi) is 3.67. The van der Waals surface area contributed by atoms with Gasteiger partial charge in [0, 0.05) is 10.8 Å². The molecule has 3 heteroatoms. The number of hydrogen-bond acceptors (Lipinski definition) is 2. The third kappa shape index (κ3) is 5.00. The Bertz CT molecular complexity index is 120. The van der Waals surface area contributed by atoms with Crippen molar-refractivity contribution >= 4 is 0 Å². The smallest absolute Gasteiger partial charge is 0.209 e. The molecule has 0 rings (SSSR count). The van der Waals surface area contributed by atoms with E-state index in [9.17, 15) is 10.1 Å². The third-order valence-electron chi connectivity index (χ3n) is 0.958. The van der Waals surface area contributed by atoms with E-state index in [-0.39, 0.29) is 17.4 Å². The van der Waals surface area contributed by atoms with Crippen LogP contribution in [-0.2, 0) is 0 Å². The summed E-state index contributed by atoms with van der Waals surface area (Å²) in [5.74, 6) is 0.0602. The van der Waals surface area contributed by atoms with Crippen LogP contribution in [0.1, 0.15) is 13.8 Å². The highest BCUT2D eigenvalue weighted by Crippen LogP contribution is 1.95. The van der Waals surface area contributed by atoms with Crippen LogP contribution in [0.25, 0.3) is 0 Å². The molecular weight excluding hydrogens is 118 g/mol. The minimum Gasteiger partial charge on any atom is -0.265 e. The molecule has 0 heterocycles. The van der Waals surface area contributed by atoms with Crippen LogP contribution in [0.15, 0.2) is 12.2 Å². The van der Waals surface area contributed by atoms with E-state index in [1.54, 1.807) is 0 Å². The Balaban J connectivity index is 3.50. The van der Waals surface area contributed by atoms with Crippen molar-refractivity contribution in [3.63, 3.8) is 0 Å². The van der Waals surface area contributed by atoms with E-state index in [0.29, 0.717) is 0 Å². The largest absolute Gasteiger partial charge is 0.265 e. The molecule has 0 aliphatic heterocycles. The lowest BCUT2D eigenvalue weighted by Crippen LogP contribution is -2.08. The molecule has 0 amide bonds. The molecule has 0 radical (unpaired) electrons. The van der Waals surface area contributed by atoms with Gasteiger partial charge in [-0.3, -0.25) is 10.1 Å². The second kappa shape index (κ2) is 4.06. The fourth-order valence-corrected chi connectivity index (χ4v) is 0.625. The van der Waals surface area contributed by atoms with Crippen LogP contribution < -0.4 is 0 Å². The standard InChI is InChI=1S/C6H11NO2/c1-3-4-6(2)5-7(8)9/h3-4,6H,5H2,1-2H3/b4-3+/t6-/m0/s1. The quantitative estimate of drug-likeness (QED) is 0.329. The summed E-state index contributed by atoms with van der Waals surface area (Å²) < 4.78 is 0. The molecule has 9 heavy (non-hydrogen) atoms. The zero-order valence-electron chi connectivity index (χ0n) is 5.70. The lowest BCUT2D eigenvalue weighted by molar-refractivity contribution is -0.485. The van der Waals surface area contributed by atoms with Crippen LogP contribution in [0.2, 0.25) is 0 Å². The van der Waals surface area contributed by atoms with Gasteiger partial charge in [0.15, 0.2) is 0 Å². The Morgan fingerprint density at radius 1 is 1.78 bits per heavy atom.